The number of carbonyl (C=O) groups excluding carboxylic acids is 1. The van der Waals surface area contributed by atoms with Gasteiger partial charge < -0.3 is 14.9 Å². The SMILES string of the molecule is CC(C)CCN(C(=O)N1CCC(C)(C(=O)O)CC1)C1CC1. The number of amides is 2. The van der Waals surface area contributed by atoms with Crippen molar-refractivity contribution in [1.29, 1.82) is 0 Å². The molecule has 1 heterocycles. The molecule has 0 unspecified atom stereocenters. The van der Waals surface area contributed by atoms with Crippen LogP contribution in [0.25, 0.3) is 0 Å². The maximum Gasteiger partial charge on any atom is 0.320 e. The standard InChI is InChI=1S/C16H28N2O3/c1-12(2)6-9-18(13-4-5-13)15(21)17-10-7-16(3,8-11-17)14(19)20/h12-13H,4-11H2,1-3H3,(H,19,20). The van der Waals surface area contributed by atoms with E-state index in [9.17, 15) is 14.7 Å². The van der Waals surface area contributed by atoms with E-state index in [1.807, 2.05) is 9.80 Å². The molecular formula is C16H28N2O3. The van der Waals surface area contributed by atoms with Crippen LogP contribution in [-0.2, 0) is 4.79 Å². The summed E-state index contributed by atoms with van der Waals surface area (Å²) in [6.45, 7) is 8.09. The Morgan fingerprint density at radius 2 is 1.86 bits per heavy atom. The van der Waals surface area contributed by atoms with E-state index >= 15 is 0 Å². The number of nitrogens with zero attached hydrogens (tertiary/aromatic N) is 2. The summed E-state index contributed by atoms with van der Waals surface area (Å²) in [5.41, 5.74) is -0.668. The van der Waals surface area contributed by atoms with Crippen LogP contribution >= 0.6 is 0 Å². The number of hydrogen-bond donors (Lipinski definition) is 1. The van der Waals surface area contributed by atoms with E-state index in [2.05, 4.69) is 13.8 Å². The molecule has 0 aromatic heterocycles. The highest BCUT2D eigenvalue weighted by Crippen LogP contribution is 2.33. The largest absolute Gasteiger partial charge is 0.481 e. The van der Waals surface area contributed by atoms with Gasteiger partial charge in [0.05, 0.1) is 5.41 Å². The third-order valence-electron chi connectivity index (χ3n) is 4.83. The second-order valence-corrected chi connectivity index (χ2v) is 7.24. The highest BCUT2D eigenvalue weighted by molar-refractivity contribution is 5.77. The molecule has 0 atom stereocenters. The van der Waals surface area contributed by atoms with Crippen molar-refractivity contribution >= 4 is 12.0 Å². The lowest BCUT2D eigenvalue weighted by molar-refractivity contribution is -0.150. The van der Waals surface area contributed by atoms with E-state index < -0.39 is 11.4 Å². The van der Waals surface area contributed by atoms with Crippen molar-refractivity contribution in [2.75, 3.05) is 19.6 Å². The van der Waals surface area contributed by atoms with E-state index in [1.165, 1.54) is 0 Å². The number of urea groups is 1. The topological polar surface area (TPSA) is 60.9 Å². The molecule has 1 aliphatic heterocycles. The molecule has 21 heavy (non-hydrogen) atoms. The maximum atomic E-state index is 12.7. The van der Waals surface area contributed by atoms with Crippen LogP contribution in [0.15, 0.2) is 0 Å². The Bertz CT molecular complexity index is 396. The van der Waals surface area contributed by atoms with Crippen LogP contribution in [0.2, 0.25) is 0 Å². The zero-order valence-corrected chi connectivity index (χ0v) is 13.5. The molecule has 1 saturated carbocycles. The van der Waals surface area contributed by atoms with Crippen LogP contribution in [0.5, 0.6) is 0 Å². The number of carbonyl (C=O) groups is 2. The summed E-state index contributed by atoms with van der Waals surface area (Å²) in [6, 6.07) is 0.537. The van der Waals surface area contributed by atoms with E-state index in [0.717, 1.165) is 25.8 Å². The van der Waals surface area contributed by atoms with Gasteiger partial charge in [0.1, 0.15) is 0 Å². The average Bonchev–Trinajstić information content (AvgIpc) is 3.23. The molecule has 0 bridgehead atoms. The quantitative estimate of drug-likeness (QED) is 0.848. The number of aliphatic carboxylic acids is 1. The summed E-state index contributed by atoms with van der Waals surface area (Å²) in [6.07, 6.45) is 4.37. The molecule has 0 radical (unpaired) electrons. The van der Waals surface area contributed by atoms with Gasteiger partial charge in [-0.25, -0.2) is 4.79 Å². The van der Waals surface area contributed by atoms with Gasteiger partial charge >= 0.3 is 12.0 Å². The normalized spacial score (nSPS) is 21.4. The highest BCUT2D eigenvalue weighted by atomic mass is 16.4. The Labute approximate surface area is 127 Å². The Morgan fingerprint density at radius 1 is 1.29 bits per heavy atom. The molecule has 2 amide bonds. The van der Waals surface area contributed by atoms with Gasteiger partial charge in [0.15, 0.2) is 0 Å². The first kappa shape index (κ1) is 16.1. The molecule has 1 N–H and O–H groups in total. The van der Waals surface area contributed by atoms with Crippen LogP contribution in [0.1, 0.15) is 52.9 Å². The first-order valence-electron chi connectivity index (χ1n) is 8.12. The van der Waals surface area contributed by atoms with Crippen LogP contribution in [0.4, 0.5) is 4.79 Å². The van der Waals surface area contributed by atoms with Crippen molar-refractivity contribution in [3.8, 4) is 0 Å². The second-order valence-electron chi connectivity index (χ2n) is 7.24. The van der Waals surface area contributed by atoms with E-state index in [4.69, 9.17) is 0 Å². The Kier molecular flexibility index (Phi) is 4.79. The fraction of sp³-hybridized carbons (Fsp3) is 0.875. The number of rotatable bonds is 5. The summed E-state index contributed by atoms with van der Waals surface area (Å²) in [5, 5.41) is 9.26. The van der Waals surface area contributed by atoms with Crippen LogP contribution in [0, 0.1) is 11.3 Å². The zero-order chi connectivity index (χ0) is 15.6. The predicted octanol–water partition coefficient (Wildman–Crippen LogP) is 2.80. The average molecular weight is 296 g/mol. The monoisotopic (exact) mass is 296 g/mol. The zero-order valence-electron chi connectivity index (χ0n) is 13.5. The molecular weight excluding hydrogens is 268 g/mol. The van der Waals surface area contributed by atoms with Crippen molar-refractivity contribution < 1.29 is 14.7 Å². The molecule has 2 aliphatic rings. The number of likely N-dealkylation sites (tertiary alicyclic amines) is 1. The summed E-state index contributed by atoms with van der Waals surface area (Å²) in [7, 11) is 0. The van der Waals surface area contributed by atoms with Gasteiger partial charge in [0, 0.05) is 25.7 Å². The van der Waals surface area contributed by atoms with Crippen molar-refractivity contribution in [3.05, 3.63) is 0 Å². The van der Waals surface area contributed by atoms with Crippen LogP contribution < -0.4 is 0 Å². The minimum Gasteiger partial charge on any atom is -0.481 e. The molecule has 5 heteroatoms. The van der Waals surface area contributed by atoms with Crippen molar-refractivity contribution in [1.82, 2.24) is 9.80 Å². The molecule has 2 fully saturated rings. The lowest BCUT2D eigenvalue weighted by atomic mass is 9.80. The van der Waals surface area contributed by atoms with Crippen molar-refractivity contribution in [3.63, 3.8) is 0 Å². The third kappa shape index (κ3) is 3.89. The summed E-state index contributed by atoms with van der Waals surface area (Å²) in [4.78, 5) is 27.8. The Morgan fingerprint density at radius 3 is 2.29 bits per heavy atom. The van der Waals surface area contributed by atoms with Crippen molar-refractivity contribution in [2.45, 2.75) is 58.9 Å². The van der Waals surface area contributed by atoms with E-state index in [0.29, 0.717) is 37.9 Å². The summed E-state index contributed by atoms with van der Waals surface area (Å²) in [5.74, 6) is -0.149. The minimum absolute atomic E-state index is 0.116. The van der Waals surface area contributed by atoms with Gasteiger partial charge in [-0.05, 0) is 44.9 Å². The van der Waals surface area contributed by atoms with Gasteiger partial charge in [-0.15, -0.1) is 0 Å². The van der Waals surface area contributed by atoms with Gasteiger partial charge in [-0.2, -0.15) is 0 Å². The molecule has 120 valence electrons. The Hall–Kier alpha value is -1.26. The number of carboxylic acids is 1. The third-order valence-corrected chi connectivity index (χ3v) is 4.83. The van der Waals surface area contributed by atoms with E-state index in [-0.39, 0.29) is 6.03 Å². The van der Waals surface area contributed by atoms with Gasteiger partial charge in [0.2, 0.25) is 0 Å². The molecule has 0 spiro atoms. The first-order valence-corrected chi connectivity index (χ1v) is 8.12. The predicted molar refractivity (Wildman–Crippen MR) is 81.1 cm³/mol. The van der Waals surface area contributed by atoms with Gasteiger partial charge in [0.25, 0.3) is 0 Å². The summed E-state index contributed by atoms with van der Waals surface area (Å²) < 4.78 is 0. The molecule has 5 nitrogen and oxygen atoms in total. The second kappa shape index (κ2) is 6.24. The van der Waals surface area contributed by atoms with E-state index in [1.54, 1.807) is 6.92 Å². The lowest BCUT2D eigenvalue weighted by Crippen LogP contribution is -2.51. The van der Waals surface area contributed by atoms with Crippen LogP contribution in [0.3, 0.4) is 0 Å². The highest BCUT2D eigenvalue weighted by Gasteiger charge is 2.41. The maximum absolute atomic E-state index is 12.7. The summed E-state index contributed by atoms with van der Waals surface area (Å²) >= 11 is 0. The van der Waals surface area contributed by atoms with Gasteiger partial charge in [-0.3, -0.25) is 4.79 Å². The molecule has 2 rings (SSSR count). The lowest BCUT2D eigenvalue weighted by Gasteiger charge is -2.39. The minimum atomic E-state index is -0.742. The van der Waals surface area contributed by atoms with Crippen LogP contribution in [-0.4, -0.2) is 52.6 Å². The molecule has 1 saturated heterocycles. The molecule has 1 aliphatic carbocycles. The van der Waals surface area contributed by atoms with Gasteiger partial charge in [-0.1, -0.05) is 13.8 Å². The number of piperidine rings is 1. The number of hydrogen-bond acceptors (Lipinski definition) is 2. The fourth-order valence-corrected chi connectivity index (χ4v) is 2.80. The molecule has 0 aromatic rings. The first-order chi connectivity index (χ1) is 9.83. The fourth-order valence-electron chi connectivity index (χ4n) is 2.80. The Balaban J connectivity index is 1.91. The molecule has 0 aromatic carbocycles. The smallest absolute Gasteiger partial charge is 0.320 e. The number of carboxylic acid groups (broad SMARTS) is 1. The van der Waals surface area contributed by atoms with Crippen molar-refractivity contribution in [2.24, 2.45) is 11.3 Å².